The monoisotopic (exact) mass is 265 g/mol. The molecule has 0 saturated heterocycles. The molecule has 0 aliphatic rings. The van der Waals surface area contributed by atoms with E-state index in [9.17, 15) is 17.6 Å². The Bertz CT molecular complexity index is 392. The molecule has 18 heavy (non-hydrogen) atoms. The topological polar surface area (TPSA) is 32.3 Å². The number of hydrogen-bond acceptors (Lipinski definition) is 2. The van der Waals surface area contributed by atoms with Crippen molar-refractivity contribution in [3.63, 3.8) is 0 Å². The molecule has 2 nitrogen and oxygen atoms in total. The van der Waals surface area contributed by atoms with E-state index < -0.39 is 31.1 Å². The van der Waals surface area contributed by atoms with E-state index in [1.807, 2.05) is 0 Å². The molecule has 2 N–H and O–H groups in total. The molecule has 0 fully saturated rings. The second kappa shape index (κ2) is 6.15. The molecular formula is C12H15F4NO. The maximum absolute atomic E-state index is 13.1. The van der Waals surface area contributed by atoms with Gasteiger partial charge in [0.2, 0.25) is 0 Å². The van der Waals surface area contributed by atoms with E-state index in [4.69, 9.17) is 5.11 Å². The van der Waals surface area contributed by atoms with Crippen LogP contribution in [0, 0.1) is 5.82 Å². The largest absolute Gasteiger partial charge is 0.392 e. The minimum absolute atomic E-state index is 0.137. The van der Waals surface area contributed by atoms with E-state index in [0.29, 0.717) is 5.56 Å². The smallest absolute Gasteiger partial charge is 0.390 e. The molecule has 0 aromatic heterocycles. The number of aliphatic hydroxyl groups excluding tert-OH is 1. The highest BCUT2D eigenvalue weighted by Crippen LogP contribution is 2.21. The van der Waals surface area contributed by atoms with E-state index in [2.05, 4.69) is 5.32 Å². The van der Waals surface area contributed by atoms with E-state index in [1.54, 1.807) is 0 Å². The molecule has 1 aromatic rings. The van der Waals surface area contributed by atoms with Crippen molar-refractivity contribution < 1.29 is 22.7 Å². The quantitative estimate of drug-likeness (QED) is 0.802. The zero-order valence-corrected chi connectivity index (χ0v) is 9.89. The van der Waals surface area contributed by atoms with Gasteiger partial charge < -0.3 is 10.4 Å². The van der Waals surface area contributed by atoms with Crippen molar-refractivity contribution in [1.82, 2.24) is 5.32 Å². The van der Waals surface area contributed by atoms with Crippen LogP contribution in [0.4, 0.5) is 17.6 Å². The number of aliphatic hydroxyl groups is 1. The van der Waals surface area contributed by atoms with Crippen molar-refractivity contribution in [2.45, 2.75) is 38.7 Å². The van der Waals surface area contributed by atoms with Crippen LogP contribution in [0.1, 0.15) is 24.5 Å². The van der Waals surface area contributed by atoms with Gasteiger partial charge in [0.15, 0.2) is 0 Å². The van der Waals surface area contributed by atoms with Crippen molar-refractivity contribution >= 4 is 0 Å². The van der Waals surface area contributed by atoms with E-state index >= 15 is 0 Å². The molecule has 0 aliphatic heterocycles. The van der Waals surface area contributed by atoms with Crippen LogP contribution in [0.25, 0.3) is 0 Å². The van der Waals surface area contributed by atoms with Gasteiger partial charge in [-0.3, -0.25) is 0 Å². The molecule has 102 valence electrons. The Kier molecular flexibility index (Phi) is 5.10. The summed E-state index contributed by atoms with van der Waals surface area (Å²) in [6.07, 6.45) is -5.12. The zero-order valence-electron chi connectivity index (χ0n) is 9.89. The molecule has 6 heteroatoms. The first-order valence-electron chi connectivity index (χ1n) is 5.50. The third-order valence-electron chi connectivity index (χ3n) is 2.47. The molecule has 1 atom stereocenters. The highest BCUT2D eigenvalue weighted by Gasteiger charge is 2.29. The number of alkyl halides is 3. The fourth-order valence-corrected chi connectivity index (χ4v) is 1.57. The van der Waals surface area contributed by atoms with Crippen molar-refractivity contribution in [3.05, 3.63) is 35.1 Å². The molecule has 0 aliphatic carbocycles. The van der Waals surface area contributed by atoms with Crippen LogP contribution in [-0.2, 0) is 13.2 Å². The molecule has 0 saturated carbocycles. The molecule has 0 amide bonds. The summed E-state index contributed by atoms with van der Waals surface area (Å²) in [6.45, 7) is 1.20. The average Bonchev–Trinajstić information content (AvgIpc) is 2.25. The van der Waals surface area contributed by atoms with Crippen molar-refractivity contribution in [2.24, 2.45) is 0 Å². The van der Waals surface area contributed by atoms with Gasteiger partial charge in [0, 0.05) is 18.2 Å². The van der Waals surface area contributed by atoms with Gasteiger partial charge in [0.1, 0.15) is 5.82 Å². The Morgan fingerprint density at radius 3 is 2.56 bits per heavy atom. The van der Waals surface area contributed by atoms with Crippen LogP contribution in [0.3, 0.4) is 0 Å². The highest BCUT2D eigenvalue weighted by atomic mass is 19.4. The van der Waals surface area contributed by atoms with Gasteiger partial charge in [-0.2, -0.15) is 13.2 Å². The number of benzene rings is 1. The summed E-state index contributed by atoms with van der Waals surface area (Å²) in [4.78, 5) is 0. The van der Waals surface area contributed by atoms with Crippen LogP contribution >= 0.6 is 0 Å². The molecule has 0 heterocycles. The minimum Gasteiger partial charge on any atom is -0.392 e. The van der Waals surface area contributed by atoms with E-state index in [1.165, 1.54) is 25.1 Å². The maximum atomic E-state index is 13.1. The fourth-order valence-electron chi connectivity index (χ4n) is 1.57. The lowest BCUT2D eigenvalue weighted by molar-refractivity contribution is -0.139. The first-order chi connectivity index (χ1) is 8.31. The minimum atomic E-state index is -4.20. The van der Waals surface area contributed by atoms with Gasteiger partial charge in [0.25, 0.3) is 0 Å². The summed E-state index contributed by atoms with van der Waals surface area (Å²) in [7, 11) is 0. The SMILES string of the molecule is CC(CC(F)(F)F)NCc1ccc(F)c(CO)c1. The molecule has 1 rings (SSSR count). The Morgan fingerprint density at radius 2 is 2.00 bits per heavy atom. The first kappa shape index (κ1) is 14.9. The molecule has 1 unspecified atom stereocenters. The van der Waals surface area contributed by atoms with Gasteiger partial charge in [-0.15, -0.1) is 0 Å². The lowest BCUT2D eigenvalue weighted by atomic mass is 10.1. The second-order valence-electron chi connectivity index (χ2n) is 4.19. The number of nitrogens with one attached hydrogen (secondary N) is 1. The molecule has 0 spiro atoms. The predicted molar refractivity (Wildman–Crippen MR) is 59.3 cm³/mol. The van der Waals surface area contributed by atoms with Crippen LogP contribution in [-0.4, -0.2) is 17.3 Å². The lowest BCUT2D eigenvalue weighted by Gasteiger charge is -2.16. The number of halogens is 4. The van der Waals surface area contributed by atoms with Gasteiger partial charge in [-0.25, -0.2) is 4.39 Å². The Morgan fingerprint density at radius 1 is 1.33 bits per heavy atom. The van der Waals surface area contributed by atoms with Crippen LogP contribution in [0.15, 0.2) is 18.2 Å². The zero-order chi connectivity index (χ0) is 13.8. The summed E-state index contributed by atoms with van der Waals surface area (Å²) < 4.78 is 49.3. The van der Waals surface area contributed by atoms with Gasteiger partial charge in [-0.05, 0) is 24.6 Å². The summed E-state index contributed by atoms with van der Waals surface area (Å²) in [5.74, 6) is -0.524. The van der Waals surface area contributed by atoms with Crippen molar-refractivity contribution in [1.29, 1.82) is 0 Å². The first-order valence-corrected chi connectivity index (χ1v) is 5.50. The fraction of sp³-hybridized carbons (Fsp3) is 0.500. The third-order valence-corrected chi connectivity index (χ3v) is 2.47. The third kappa shape index (κ3) is 5.01. The highest BCUT2D eigenvalue weighted by molar-refractivity contribution is 5.24. The second-order valence-corrected chi connectivity index (χ2v) is 4.19. The van der Waals surface area contributed by atoms with Gasteiger partial charge in [-0.1, -0.05) is 6.07 Å². The summed E-state index contributed by atoms with van der Waals surface area (Å²) >= 11 is 0. The molecule has 1 aromatic carbocycles. The Labute approximate surface area is 103 Å². The van der Waals surface area contributed by atoms with E-state index in [0.717, 1.165) is 0 Å². The normalized spacial score (nSPS) is 13.7. The van der Waals surface area contributed by atoms with Gasteiger partial charge >= 0.3 is 6.18 Å². The Hall–Kier alpha value is -1.14. The molecule has 0 bridgehead atoms. The summed E-state index contributed by atoms with van der Waals surface area (Å²) in [5, 5.41) is 11.6. The molecular weight excluding hydrogens is 250 g/mol. The van der Waals surface area contributed by atoms with Gasteiger partial charge in [0.05, 0.1) is 13.0 Å². The summed E-state index contributed by atoms with van der Waals surface area (Å²) in [6, 6.07) is 3.38. The number of rotatable bonds is 5. The lowest BCUT2D eigenvalue weighted by Crippen LogP contribution is -2.30. The maximum Gasteiger partial charge on any atom is 0.390 e. The van der Waals surface area contributed by atoms with Crippen LogP contribution < -0.4 is 5.32 Å². The van der Waals surface area contributed by atoms with Crippen molar-refractivity contribution in [2.75, 3.05) is 0 Å². The average molecular weight is 265 g/mol. The van der Waals surface area contributed by atoms with Crippen molar-refractivity contribution in [3.8, 4) is 0 Å². The number of hydrogen-bond donors (Lipinski definition) is 2. The Balaban J connectivity index is 2.53. The van der Waals surface area contributed by atoms with E-state index in [-0.39, 0.29) is 12.1 Å². The molecule has 0 radical (unpaired) electrons. The van der Waals surface area contributed by atoms with Crippen LogP contribution in [0.5, 0.6) is 0 Å². The summed E-state index contributed by atoms with van der Waals surface area (Å²) in [5.41, 5.74) is 0.771. The predicted octanol–water partition coefficient (Wildman–Crippen LogP) is 2.75. The van der Waals surface area contributed by atoms with Crippen LogP contribution in [0.2, 0.25) is 0 Å². The standard InChI is InChI=1S/C12H15F4NO/c1-8(5-12(14,15)16)17-6-9-2-3-11(13)10(4-9)7-18/h2-4,8,17-18H,5-7H2,1H3.